The Balaban J connectivity index is 0.993. The average molecular weight is 775 g/mol. The molecule has 12 aromatic rings. The zero-order chi connectivity index (χ0) is 40.0. The van der Waals surface area contributed by atoms with Crippen LogP contribution in [0.1, 0.15) is 22.6 Å². The van der Waals surface area contributed by atoms with Gasteiger partial charge in [-0.05, 0) is 128 Å². The Hall–Kier alpha value is -7.94. The van der Waals surface area contributed by atoms with Crippen LogP contribution in [0.2, 0.25) is 0 Å². The summed E-state index contributed by atoms with van der Waals surface area (Å²) in [4.78, 5) is 0. The van der Waals surface area contributed by atoms with E-state index in [0.29, 0.717) is 0 Å². The fraction of sp³-hybridized carbons (Fsp3) is 0.0169. The lowest BCUT2D eigenvalue weighted by Crippen LogP contribution is -2.00. The van der Waals surface area contributed by atoms with Crippen molar-refractivity contribution in [3.05, 3.63) is 241 Å². The molecule has 2 heteroatoms. The number of hydrogen-bond acceptors (Lipinski definition) is 0. The molecule has 0 radical (unpaired) electrons. The van der Waals surface area contributed by atoms with Crippen molar-refractivity contribution in [1.29, 1.82) is 0 Å². The standard InChI is InChI=1S/C59H38N2/c1-3-13-38(14-4-1)40-23-25-41(26-24-40)59-49-21-10-9-19-47(49)50-36-53-52-35-44(29-32-57(52)60(58(53)37-54(50)59)45-17-5-2-6-18-45)43-28-31-56-51(34-43)48-20-11-12-22-55(48)61(56)46-30-27-39-15-7-8-16-42(39)33-46/h1-37,59H. The van der Waals surface area contributed by atoms with Crippen molar-refractivity contribution >= 4 is 54.4 Å². The second-order valence-corrected chi connectivity index (χ2v) is 16.5. The topological polar surface area (TPSA) is 9.86 Å². The first-order valence-electron chi connectivity index (χ1n) is 21.2. The van der Waals surface area contributed by atoms with Crippen molar-refractivity contribution in [3.63, 3.8) is 0 Å². The molecule has 0 spiro atoms. The number of rotatable bonds is 5. The van der Waals surface area contributed by atoms with Crippen LogP contribution in [0, 0.1) is 0 Å². The van der Waals surface area contributed by atoms with Crippen molar-refractivity contribution < 1.29 is 0 Å². The lowest BCUT2D eigenvalue weighted by atomic mass is 9.88. The molecule has 1 unspecified atom stereocenters. The average Bonchev–Trinajstić information content (AvgIpc) is 3.96. The fourth-order valence-electron chi connectivity index (χ4n) is 10.4. The molecule has 2 heterocycles. The first-order valence-corrected chi connectivity index (χ1v) is 21.2. The molecule has 1 atom stereocenters. The summed E-state index contributed by atoms with van der Waals surface area (Å²) in [7, 11) is 0. The number of fused-ring (bicyclic) bond motifs is 10. The third-order valence-electron chi connectivity index (χ3n) is 13.2. The maximum atomic E-state index is 2.49. The van der Waals surface area contributed by atoms with Gasteiger partial charge in [0.05, 0.1) is 22.1 Å². The Morgan fingerprint density at radius 2 is 0.852 bits per heavy atom. The molecular weight excluding hydrogens is 737 g/mol. The van der Waals surface area contributed by atoms with Crippen LogP contribution in [0.4, 0.5) is 0 Å². The van der Waals surface area contributed by atoms with Crippen LogP contribution >= 0.6 is 0 Å². The predicted molar refractivity (Wildman–Crippen MR) is 256 cm³/mol. The highest BCUT2D eigenvalue weighted by atomic mass is 15.0. The normalized spacial score (nSPS) is 13.4. The van der Waals surface area contributed by atoms with E-state index in [1.807, 2.05) is 0 Å². The Bertz CT molecular complexity index is 3680. The van der Waals surface area contributed by atoms with Crippen LogP contribution in [0.15, 0.2) is 224 Å². The largest absolute Gasteiger partial charge is 0.309 e. The molecule has 0 aliphatic heterocycles. The third kappa shape index (κ3) is 5.22. The van der Waals surface area contributed by atoms with E-state index in [1.54, 1.807) is 0 Å². The highest BCUT2D eigenvalue weighted by molar-refractivity contribution is 6.14. The molecule has 61 heavy (non-hydrogen) atoms. The molecule has 0 saturated carbocycles. The number of benzene rings is 10. The molecule has 1 aliphatic carbocycles. The van der Waals surface area contributed by atoms with Gasteiger partial charge in [0.15, 0.2) is 0 Å². The molecule has 2 nitrogen and oxygen atoms in total. The summed E-state index contributed by atoms with van der Waals surface area (Å²) >= 11 is 0. The van der Waals surface area contributed by atoms with Gasteiger partial charge in [0.1, 0.15) is 0 Å². The van der Waals surface area contributed by atoms with Crippen LogP contribution < -0.4 is 0 Å². The van der Waals surface area contributed by atoms with Gasteiger partial charge in [-0.3, -0.25) is 0 Å². The number of hydrogen-bond donors (Lipinski definition) is 0. The summed E-state index contributed by atoms with van der Waals surface area (Å²) < 4.78 is 4.88. The van der Waals surface area contributed by atoms with Crippen LogP contribution in [-0.2, 0) is 0 Å². The van der Waals surface area contributed by atoms with Crippen LogP contribution in [-0.4, -0.2) is 9.13 Å². The number of para-hydroxylation sites is 2. The zero-order valence-electron chi connectivity index (χ0n) is 33.3. The van der Waals surface area contributed by atoms with E-state index in [9.17, 15) is 0 Å². The van der Waals surface area contributed by atoms with Crippen LogP contribution in [0.25, 0.3) is 99.1 Å². The smallest absolute Gasteiger partial charge is 0.0544 e. The second kappa shape index (κ2) is 13.3. The summed E-state index contributed by atoms with van der Waals surface area (Å²) in [6.07, 6.45) is 0. The van der Waals surface area contributed by atoms with Crippen molar-refractivity contribution in [1.82, 2.24) is 9.13 Å². The molecule has 10 aromatic carbocycles. The van der Waals surface area contributed by atoms with E-state index in [0.717, 1.165) is 5.69 Å². The molecule has 13 rings (SSSR count). The summed E-state index contributed by atoms with van der Waals surface area (Å²) in [6.45, 7) is 0. The second-order valence-electron chi connectivity index (χ2n) is 16.5. The van der Waals surface area contributed by atoms with Gasteiger partial charge in [0.25, 0.3) is 0 Å². The Labute approximate surface area is 353 Å². The highest BCUT2D eigenvalue weighted by Gasteiger charge is 2.31. The van der Waals surface area contributed by atoms with Gasteiger partial charge in [-0.1, -0.05) is 158 Å². The van der Waals surface area contributed by atoms with Crippen molar-refractivity contribution in [2.75, 3.05) is 0 Å². The van der Waals surface area contributed by atoms with Gasteiger partial charge < -0.3 is 9.13 Å². The molecular formula is C59H38N2. The lowest BCUT2D eigenvalue weighted by Gasteiger charge is -2.16. The minimum atomic E-state index is 0.140. The Morgan fingerprint density at radius 1 is 0.279 bits per heavy atom. The lowest BCUT2D eigenvalue weighted by molar-refractivity contribution is 1.01. The first-order chi connectivity index (χ1) is 30.2. The summed E-state index contributed by atoms with van der Waals surface area (Å²) in [5.74, 6) is 0.140. The maximum absolute atomic E-state index is 2.49. The predicted octanol–water partition coefficient (Wildman–Crippen LogP) is 15.5. The van der Waals surface area contributed by atoms with Crippen molar-refractivity contribution in [2.24, 2.45) is 0 Å². The van der Waals surface area contributed by atoms with E-state index in [2.05, 4.69) is 234 Å². The molecule has 0 saturated heterocycles. The van der Waals surface area contributed by atoms with Gasteiger partial charge in [0, 0.05) is 38.8 Å². The highest BCUT2D eigenvalue weighted by Crippen LogP contribution is 2.51. The first kappa shape index (κ1) is 34.0. The molecule has 0 amide bonds. The van der Waals surface area contributed by atoms with Crippen LogP contribution in [0.3, 0.4) is 0 Å². The van der Waals surface area contributed by atoms with Crippen LogP contribution in [0.5, 0.6) is 0 Å². The fourth-order valence-corrected chi connectivity index (χ4v) is 10.4. The minimum absolute atomic E-state index is 0.140. The van der Waals surface area contributed by atoms with E-state index in [-0.39, 0.29) is 5.92 Å². The van der Waals surface area contributed by atoms with E-state index in [1.165, 1.54) is 110 Å². The molecule has 2 aromatic heterocycles. The Morgan fingerprint density at radius 3 is 1.64 bits per heavy atom. The summed E-state index contributed by atoms with van der Waals surface area (Å²) in [5.41, 5.74) is 18.8. The molecule has 1 aliphatic rings. The van der Waals surface area contributed by atoms with Crippen molar-refractivity contribution in [3.8, 4) is 44.8 Å². The minimum Gasteiger partial charge on any atom is -0.309 e. The van der Waals surface area contributed by atoms with Gasteiger partial charge in [-0.25, -0.2) is 0 Å². The van der Waals surface area contributed by atoms with Gasteiger partial charge in [-0.2, -0.15) is 0 Å². The number of nitrogens with zero attached hydrogens (tertiary/aromatic N) is 2. The molecule has 284 valence electrons. The quantitative estimate of drug-likeness (QED) is 0.165. The van der Waals surface area contributed by atoms with Gasteiger partial charge in [0.2, 0.25) is 0 Å². The SMILES string of the molecule is c1ccc(-c2ccc(C3c4ccccc4-c4cc5c6cc(-c7ccc8c(c7)c7ccccc7n8-c7ccc8ccccc8c7)ccc6n(-c6ccccc6)c5cc43)cc2)cc1. The Kier molecular flexibility index (Phi) is 7.40. The van der Waals surface area contributed by atoms with E-state index in [4.69, 9.17) is 0 Å². The van der Waals surface area contributed by atoms with Gasteiger partial charge in [-0.15, -0.1) is 0 Å². The summed E-state index contributed by atoms with van der Waals surface area (Å²) in [5, 5.41) is 7.53. The molecule has 0 bridgehead atoms. The van der Waals surface area contributed by atoms with E-state index < -0.39 is 0 Å². The number of aromatic nitrogens is 2. The zero-order valence-corrected chi connectivity index (χ0v) is 33.3. The summed E-state index contributed by atoms with van der Waals surface area (Å²) in [6, 6.07) is 83.0. The maximum Gasteiger partial charge on any atom is 0.0544 e. The third-order valence-corrected chi connectivity index (χ3v) is 13.2. The molecule has 0 fully saturated rings. The monoisotopic (exact) mass is 774 g/mol. The van der Waals surface area contributed by atoms with E-state index >= 15 is 0 Å². The molecule has 0 N–H and O–H groups in total. The van der Waals surface area contributed by atoms with Gasteiger partial charge >= 0.3 is 0 Å². The van der Waals surface area contributed by atoms with Crippen molar-refractivity contribution in [2.45, 2.75) is 5.92 Å².